The fraction of sp³-hybridized carbons (Fsp3) is 0.600. The third kappa shape index (κ3) is 7.55. The van der Waals surface area contributed by atoms with Gasteiger partial charge in [0.2, 0.25) is 0 Å². The van der Waals surface area contributed by atoms with E-state index < -0.39 is 80.9 Å². The Hall–Kier alpha value is -4.11. The highest BCUT2D eigenvalue weighted by Gasteiger charge is 2.48. The second-order valence-corrected chi connectivity index (χ2v) is 10.9. The van der Waals surface area contributed by atoms with E-state index >= 15 is 0 Å². The molecule has 2 amide bonds. The van der Waals surface area contributed by atoms with E-state index in [9.17, 15) is 52.7 Å². The van der Waals surface area contributed by atoms with Crippen LogP contribution in [0.3, 0.4) is 0 Å². The molecule has 1 aliphatic rings. The molecule has 0 bridgehead atoms. The lowest BCUT2D eigenvalue weighted by atomic mass is 9.98. The number of ether oxygens (including phenoxy) is 2. The van der Waals surface area contributed by atoms with Crippen molar-refractivity contribution < 1.29 is 57.0 Å². The summed E-state index contributed by atoms with van der Waals surface area (Å²) in [6.07, 6.45) is -5.27. The van der Waals surface area contributed by atoms with Crippen LogP contribution in [0.25, 0.3) is 0 Å². The number of nitro groups is 1. The number of carbonyl (C=O) groups excluding carboxylic acids is 2. The number of hydrogen-bond acceptors (Lipinski definition) is 8. The molecule has 41 heavy (non-hydrogen) atoms. The van der Waals surface area contributed by atoms with Crippen LogP contribution < -0.4 is 4.74 Å². The quantitative estimate of drug-likeness (QED) is 0.253. The number of aliphatic carboxylic acids is 2. The molecule has 1 aliphatic heterocycles. The standard InChI is InChI=1S/C25H32F3N3O10/c1-13(2)30(14-8-7-9-29(12-14)22(37)41-23(3,4)5)19(32)15-10-17(31(38)39)18(11-16(15)25(26,27)28)40-24(6,20(33)34)21(35)36/h10-11,13-14H,7-9,12H2,1-6H3,(H,33,34)(H,35,36)/t14-/m1/s1. The van der Waals surface area contributed by atoms with E-state index in [1.165, 1.54) is 18.7 Å². The summed E-state index contributed by atoms with van der Waals surface area (Å²) < 4.78 is 52.8. The second-order valence-electron chi connectivity index (χ2n) is 10.9. The number of likely N-dealkylation sites (tertiary alicyclic amines) is 1. The highest BCUT2D eigenvalue weighted by atomic mass is 19.4. The Bertz CT molecular complexity index is 1210. The Labute approximate surface area is 232 Å². The summed E-state index contributed by atoms with van der Waals surface area (Å²) in [6.45, 7) is 8.72. The van der Waals surface area contributed by atoms with Crippen molar-refractivity contribution in [3.8, 4) is 5.75 Å². The molecule has 0 radical (unpaired) electrons. The first-order valence-corrected chi connectivity index (χ1v) is 12.5. The number of carboxylic acid groups (broad SMARTS) is 2. The molecule has 1 saturated heterocycles. The predicted octanol–water partition coefficient (Wildman–Crippen LogP) is 4.17. The summed E-state index contributed by atoms with van der Waals surface area (Å²) >= 11 is 0. The van der Waals surface area contributed by atoms with Gasteiger partial charge in [-0.3, -0.25) is 14.9 Å². The van der Waals surface area contributed by atoms with E-state index in [1.807, 2.05) is 0 Å². The van der Waals surface area contributed by atoms with Gasteiger partial charge in [0, 0.05) is 31.3 Å². The number of carboxylic acids is 2. The van der Waals surface area contributed by atoms with E-state index in [0.717, 1.165) is 4.90 Å². The van der Waals surface area contributed by atoms with E-state index in [-0.39, 0.29) is 25.2 Å². The van der Waals surface area contributed by atoms with Crippen LogP contribution in [-0.2, 0) is 20.5 Å². The van der Waals surface area contributed by atoms with Crippen LogP contribution in [0, 0.1) is 10.1 Å². The van der Waals surface area contributed by atoms with Gasteiger partial charge in [-0.15, -0.1) is 0 Å². The highest BCUT2D eigenvalue weighted by molar-refractivity contribution is 6.02. The maximum absolute atomic E-state index is 14.2. The molecule has 0 aliphatic carbocycles. The van der Waals surface area contributed by atoms with Gasteiger partial charge in [-0.2, -0.15) is 13.2 Å². The molecular formula is C25H32F3N3O10. The van der Waals surface area contributed by atoms with E-state index in [0.29, 0.717) is 19.8 Å². The molecule has 1 aromatic carbocycles. The summed E-state index contributed by atoms with van der Waals surface area (Å²) in [6, 6.07) is -1.16. The topological polar surface area (TPSA) is 177 Å². The van der Waals surface area contributed by atoms with Crippen LogP contribution in [0.5, 0.6) is 5.75 Å². The van der Waals surface area contributed by atoms with Crippen molar-refractivity contribution in [1.82, 2.24) is 9.80 Å². The molecule has 13 nitrogen and oxygen atoms in total. The van der Waals surface area contributed by atoms with Crippen molar-refractivity contribution >= 4 is 29.6 Å². The van der Waals surface area contributed by atoms with Gasteiger partial charge in [0.25, 0.3) is 11.5 Å². The molecule has 1 heterocycles. The number of carbonyl (C=O) groups is 4. The van der Waals surface area contributed by atoms with Crippen molar-refractivity contribution in [1.29, 1.82) is 0 Å². The number of halogens is 3. The maximum Gasteiger partial charge on any atom is 0.417 e. The molecule has 1 aromatic rings. The van der Waals surface area contributed by atoms with Crippen molar-refractivity contribution in [3.63, 3.8) is 0 Å². The molecule has 0 unspecified atom stereocenters. The number of rotatable bonds is 8. The number of piperidine rings is 1. The number of benzene rings is 1. The third-order valence-electron chi connectivity index (χ3n) is 6.19. The first-order valence-electron chi connectivity index (χ1n) is 12.5. The summed E-state index contributed by atoms with van der Waals surface area (Å²) in [5, 5.41) is 30.3. The van der Waals surface area contributed by atoms with Gasteiger partial charge in [-0.05, 0) is 54.4 Å². The Morgan fingerprint density at radius 3 is 2.10 bits per heavy atom. The Balaban J connectivity index is 2.64. The normalized spacial score (nSPS) is 16.2. The van der Waals surface area contributed by atoms with Gasteiger partial charge >= 0.3 is 29.9 Å². The zero-order valence-electron chi connectivity index (χ0n) is 23.3. The van der Waals surface area contributed by atoms with E-state index in [4.69, 9.17) is 9.47 Å². The van der Waals surface area contributed by atoms with Crippen LogP contribution >= 0.6 is 0 Å². The zero-order chi connectivity index (χ0) is 31.7. The zero-order valence-corrected chi connectivity index (χ0v) is 23.3. The second kappa shape index (κ2) is 11.8. The van der Waals surface area contributed by atoms with Gasteiger partial charge in [0.05, 0.1) is 22.1 Å². The number of amides is 2. The molecule has 2 rings (SSSR count). The molecule has 16 heteroatoms. The van der Waals surface area contributed by atoms with Crippen LogP contribution in [0.15, 0.2) is 12.1 Å². The van der Waals surface area contributed by atoms with Gasteiger partial charge in [0.15, 0.2) is 5.75 Å². The number of nitro benzene ring substituents is 1. The van der Waals surface area contributed by atoms with Gasteiger partial charge in [0.1, 0.15) is 5.60 Å². The summed E-state index contributed by atoms with van der Waals surface area (Å²) in [7, 11) is 0. The minimum Gasteiger partial charge on any atom is -0.478 e. The van der Waals surface area contributed by atoms with Crippen molar-refractivity contribution in [2.75, 3.05) is 13.1 Å². The molecule has 1 atom stereocenters. The van der Waals surface area contributed by atoms with E-state index in [2.05, 4.69) is 0 Å². The van der Waals surface area contributed by atoms with Crippen LogP contribution in [0.1, 0.15) is 70.3 Å². The number of alkyl halides is 3. The van der Waals surface area contributed by atoms with Gasteiger partial charge < -0.3 is 29.5 Å². The molecule has 0 saturated carbocycles. The minimum absolute atomic E-state index is 0.0435. The lowest BCUT2D eigenvalue weighted by Crippen LogP contribution is -2.54. The van der Waals surface area contributed by atoms with Gasteiger partial charge in [-0.1, -0.05) is 0 Å². The minimum atomic E-state index is -5.29. The lowest BCUT2D eigenvalue weighted by Gasteiger charge is -2.41. The van der Waals surface area contributed by atoms with Crippen LogP contribution in [0.2, 0.25) is 0 Å². The number of nitrogens with zero attached hydrogens (tertiary/aromatic N) is 3. The summed E-state index contributed by atoms with van der Waals surface area (Å²) in [5.41, 5.74) is -8.09. The average molecular weight is 592 g/mol. The number of hydrogen-bond donors (Lipinski definition) is 2. The van der Waals surface area contributed by atoms with Crippen molar-refractivity contribution in [2.45, 2.75) is 83.8 Å². The Kier molecular flexibility index (Phi) is 9.51. The summed E-state index contributed by atoms with van der Waals surface area (Å²) in [4.78, 5) is 62.3. The first-order chi connectivity index (χ1) is 18.6. The van der Waals surface area contributed by atoms with Gasteiger partial charge in [-0.25, -0.2) is 14.4 Å². The fourth-order valence-electron chi connectivity index (χ4n) is 4.24. The first kappa shape index (κ1) is 33.1. The Morgan fingerprint density at radius 2 is 1.66 bits per heavy atom. The smallest absolute Gasteiger partial charge is 0.417 e. The highest BCUT2D eigenvalue weighted by Crippen LogP contribution is 2.41. The van der Waals surface area contributed by atoms with Crippen LogP contribution in [-0.4, -0.2) is 85.3 Å². The Morgan fingerprint density at radius 1 is 1.10 bits per heavy atom. The largest absolute Gasteiger partial charge is 0.478 e. The monoisotopic (exact) mass is 591 g/mol. The molecular weight excluding hydrogens is 559 g/mol. The predicted molar refractivity (Wildman–Crippen MR) is 135 cm³/mol. The van der Waals surface area contributed by atoms with Crippen LogP contribution in [0.4, 0.5) is 23.7 Å². The molecule has 228 valence electrons. The van der Waals surface area contributed by atoms with E-state index in [1.54, 1.807) is 20.8 Å². The molecule has 1 fully saturated rings. The summed E-state index contributed by atoms with van der Waals surface area (Å²) in [5.74, 6) is -6.81. The van der Waals surface area contributed by atoms with Crippen molar-refractivity contribution in [2.24, 2.45) is 0 Å². The fourth-order valence-corrected chi connectivity index (χ4v) is 4.24. The van der Waals surface area contributed by atoms with Crippen molar-refractivity contribution in [3.05, 3.63) is 33.4 Å². The maximum atomic E-state index is 14.2. The third-order valence-corrected chi connectivity index (χ3v) is 6.19. The SMILES string of the molecule is CC(C)N(C(=O)c1cc([N+](=O)[O-])c(OC(C)(C(=O)O)C(=O)O)cc1C(F)(F)F)[C@@H]1CCCN(C(=O)OC(C)(C)C)C1. The average Bonchev–Trinajstić information content (AvgIpc) is 2.81. The molecule has 2 N–H and O–H groups in total. The molecule has 0 aromatic heterocycles. The molecule has 0 spiro atoms. The lowest BCUT2D eigenvalue weighted by molar-refractivity contribution is -0.386.